The molecule has 0 spiro atoms. The van der Waals surface area contributed by atoms with Crippen molar-refractivity contribution in [3.05, 3.63) is 40.5 Å². The number of nitrogens with zero attached hydrogens (tertiary/aromatic N) is 1. The molecule has 0 bridgehead atoms. The third kappa shape index (κ3) is 2.88. The summed E-state index contributed by atoms with van der Waals surface area (Å²) < 4.78 is 31.6. The Morgan fingerprint density at radius 1 is 1.40 bits per heavy atom. The highest BCUT2D eigenvalue weighted by atomic mass is 35.5. The molecule has 1 heterocycles. The monoisotopic (exact) mass is 299 g/mol. The lowest BCUT2D eigenvalue weighted by Gasteiger charge is -2.13. The molecule has 0 aliphatic heterocycles. The molecule has 0 aliphatic carbocycles. The van der Waals surface area contributed by atoms with Gasteiger partial charge in [0.05, 0.1) is 22.7 Å². The fraction of sp³-hybridized carbons (Fsp3) is 0.286. The van der Waals surface area contributed by atoms with Crippen LogP contribution < -0.4 is 0 Å². The summed E-state index contributed by atoms with van der Waals surface area (Å²) in [7, 11) is 0. The van der Waals surface area contributed by atoms with Crippen molar-refractivity contribution in [1.29, 1.82) is 0 Å². The molecule has 2 aromatic rings. The zero-order valence-electron chi connectivity index (χ0n) is 10.9. The van der Waals surface area contributed by atoms with Crippen LogP contribution in [0, 0.1) is 0 Å². The number of benzene rings is 1. The molecule has 1 aromatic heterocycles. The number of hydrogen-bond acceptors (Lipinski definition) is 3. The second-order valence-corrected chi connectivity index (χ2v) is 4.76. The number of hydrogen-bond donors (Lipinski definition) is 0. The van der Waals surface area contributed by atoms with E-state index in [4.69, 9.17) is 16.3 Å². The Morgan fingerprint density at radius 3 is 2.70 bits per heavy atom. The molecule has 3 nitrogen and oxygen atoms in total. The molecule has 2 rings (SSSR count). The molecule has 0 saturated heterocycles. The fourth-order valence-electron chi connectivity index (χ4n) is 1.81. The maximum absolute atomic E-state index is 13.4. The normalized spacial score (nSPS) is 11.7. The zero-order chi connectivity index (χ0) is 14.9. The number of esters is 1. The molecule has 1 aromatic carbocycles. The van der Waals surface area contributed by atoms with Crippen LogP contribution in [0.5, 0.6) is 0 Å². The van der Waals surface area contributed by atoms with Crippen molar-refractivity contribution < 1.29 is 18.3 Å². The van der Waals surface area contributed by atoms with Crippen LogP contribution >= 0.6 is 11.6 Å². The smallest absolute Gasteiger partial charge is 0.339 e. The maximum atomic E-state index is 13.4. The summed E-state index contributed by atoms with van der Waals surface area (Å²) in [6.07, 6.45) is 1.30. The van der Waals surface area contributed by atoms with E-state index in [9.17, 15) is 13.6 Å². The van der Waals surface area contributed by atoms with Crippen LogP contribution in [0.2, 0.25) is 5.02 Å². The van der Waals surface area contributed by atoms with Crippen molar-refractivity contribution in [2.24, 2.45) is 0 Å². The van der Waals surface area contributed by atoms with E-state index in [1.807, 2.05) is 0 Å². The van der Waals surface area contributed by atoms with E-state index >= 15 is 0 Å². The van der Waals surface area contributed by atoms with Gasteiger partial charge in [-0.15, -0.1) is 0 Å². The number of ether oxygens (including phenoxy) is 1. The lowest BCUT2D eigenvalue weighted by atomic mass is 10.1. The van der Waals surface area contributed by atoms with E-state index in [0.29, 0.717) is 10.9 Å². The lowest BCUT2D eigenvalue weighted by molar-refractivity contribution is 0.0177. The summed E-state index contributed by atoms with van der Waals surface area (Å²) in [5.41, 5.74) is 0.313. The molecule has 0 amide bonds. The van der Waals surface area contributed by atoms with E-state index < -0.39 is 11.9 Å². The average molecular weight is 300 g/mol. The first-order chi connectivity index (χ1) is 9.32. The Hall–Kier alpha value is -1.75. The molecule has 106 valence electrons. The molecular formula is C14H12ClF2NO2. The van der Waals surface area contributed by atoms with Gasteiger partial charge in [0.25, 0.3) is 5.92 Å². The molecule has 0 aliphatic rings. The Bertz CT molecular complexity index is 668. The van der Waals surface area contributed by atoms with Gasteiger partial charge in [0.2, 0.25) is 0 Å². The Kier molecular flexibility index (Phi) is 3.90. The molecule has 0 unspecified atom stereocenters. The maximum Gasteiger partial charge on any atom is 0.339 e. The SMILES string of the molecule is CCOC(=O)c1cnc2cc(C(C)(F)F)c(Cl)cc2c1. The molecule has 6 heteroatoms. The Labute approximate surface area is 119 Å². The van der Waals surface area contributed by atoms with Crippen molar-refractivity contribution in [3.63, 3.8) is 0 Å². The molecule has 0 N–H and O–H groups in total. The van der Waals surface area contributed by atoms with Gasteiger partial charge in [-0.05, 0) is 25.1 Å². The first kappa shape index (κ1) is 14.7. The van der Waals surface area contributed by atoms with Gasteiger partial charge in [-0.3, -0.25) is 4.98 Å². The van der Waals surface area contributed by atoms with Crippen molar-refractivity contribution in [1.82, 2.24) is 4.98 Å². The standard InChI is InChI=1S/C14H12ClF2NO2/c1-3-20-13(19)9-4-8-5-11(15)10(14(2,16)17)6-12(8)18-7-9/h4-7H,3H2,1-2H3. The van der Waals surface area contributed by atoms with E-state index in [2.05, 4.69) is 4.98 Å². The summed E-state index contributed by atoms with van der Waals surface area (Å²) >= 11 is 5.86. The number of carbonyl (C=O) groups excluding carboxylic acids is 1. The van der Waals surface area contributed by atoms with Gasteiger partial charge in [0.1, 0.15) is 0 Å². The highest BCUT2D eigenvalue weighted by molar-refractivity contribution is 6.32. The lowest BCUT2D eigenvalue weighted by Crippen LogP contribution is -2.08. The van der Waals surface area contributed by atoms with Crippen LogP contribution in [0.3, 0.4) is 0 Å². The Balaban J connectivity index is 2.53. The topological polar surface area (TPSA) is 39.2 Å². The largest absolute Gasteiger partial charge is 0.462 e. The number of pyridine rings is 1. The molecular weight excluding hydrogens is 288 g/mol. The van der Waals surface area contributed by atoms with Crippen molar-refractivity contribution in [3.8, 4) is 0 Å². The predicted molar refractivity (Wildman–Crippen MR) is 72.3 cm³/mol. The summed E-state index contributed by atoms with van der Waals surface area (Å²) in [6, 6.07) is 4.12. The summed E-state index contributed by atoms with van der Waals surface area (Å²) in [5.74, 6) is -3.56. The number of carbonyl (C=O) groups is 1. The molecule has 0 saturated carbocycles. The van der Waals surface area contributed by atoms with Gasteiger partial charge in [0, 0.05) is 24.1 Å². The number of alkyl halides is 2. The van der Waals surface area contributed by atoms with E-state index in [1.54, 1.807) is 6.92 Å². The first-order valence-electron chi connectivity index (χ1n) is 5.97. The number of fused-ring (bicyclic) bond motifs is 1. The van der Waals surface area contributed by atoms with Gasteiger partial charge in [-0.1, -0.05) is 11.6 Å². The highest BCUT2D eigenvalue weighted by Gasteiger charge is 2.27. The zero-order valence-corrected chi connectivity index (χ0v) is 11.7. The first-order valence-corrected chi connectivity index (χ1v) is 6.35. The second-order valence-electron chi connectivity index (χ2n) is 4.36. The Morgan fingerprint density at radius 2 is 2.10 bits per heavy atom. The number of rotatable bonds is 3. The third-order valence-electron chi connectivity index (χ3n) is 2.75. The quantitative estimate of drug-likeness (QED) is 0.798. The molecule has 0 atom stereocenters. The van der Waals surface area contributed by atoms with Gasteiger partial charge in [-0.25, -0.2) is 13.6 Å². The van der Waals surface area contributed by atoms with Crippen LogP contribution in [-0.2, 0) is 10.7 Å². The van der Waals surface area contributed by atoms with Crippen LogP contribution in [0.15, 0.2) is 24.4 Å². The van der Waals surface area contributed by atoms with Crippen LogP contribution in [-0.4, -0.2) is 17.6 Å². The van der Waals surface area contributed by atoms with Crippen LogP contribution in [0.25, 0.3) is 10.9 Å². The van der Waals surface area contributed by atoms with Gasteiger partial charge in [0.15, 0.2) is 0 Å². The van der Waals surface area contributed by atoms with Gasteiger partial charge in [-0.2, -0.15) is 0 Å². The molecule has 20 heavy (non-hydrogen) atoms. The van der Waals surface area contributed by atoms with E-state index in [1.165, 1.54) is 24.4 Å². The summed E-state index contributed by atoms with van der Waals surface area (Å²) in [5, 5.41) is 0.446. The minimum absolute atomic E-state index is 0.0622. The fourth-order valence-corrected chi connectivity index (χ4v) is 2.15. The third-order valence-corrected chi connectivity index (χ3v) is 3.07. The molecule has 0 fully saturated rings. The minimum Gasteiger partial charge on any atom is -0.462 e. The van der Waals surface area contributed by atoms with Crippen molar-refractivity contribution >= 4 is 28.5 Å². The second kappa shape index (κ2) is 5.32. The van der Waals surface area contributed by atoms with Crippen LogP contribution in [0.1, 0.15) is 29.8 Å². The summed E-state index contributed by atoms with van der Waals surface area (Å²) in [6.45, 7) is 2.71. The molecule has 0 radical (unpaired) electrons. The van der Waals surface area contributed by atoms with E-state index in [0.717, 1.165) is 6.92 Å². The average Bonchev–Trinajstić information content (AvgIpc) is 2.36. The van der Waals surface area contributed by atoms with Crippen molar-refractivity contribution in [2.75, 3.05) is 6.61 Å². The number of aromatic nitrogens is 1. The van der Waals surface area contributed by atoms with E-state index in [-0.39, 0.29) is 22.8 Å². The van der Waals surface area contributed by atoms with Crippen molar-refractivity contribution in [2.45, 2.75) is 19.8 Å². The van der Waals surface area contributed by atoms with Crippen LogP contribution in [0.4, 0.5) is 8.78 Å². The number of halogens is 3. The summed E-state index contributed by atoms with van der Waals surface area (Å²) in [4.78, 5) is 15.6. The van der Waals surface area contributed by atoms with Gasteiger partial charge >= 0.3 is 5.97 Å². The van der Waals surface area contributed by atoms with Gasteiger partial charge < -0.3 is 4.74 Å². The highest BCUT2D eigenvalue weighted by Crippen LogP contribution is 2.35. The minimum atomic E-state index is -3.05. The predicted octanol–water partition coefficient (Wildman–Crippen LogP) is 4.18.